The summed E-state index contributed by atoms with van der Waals surface area (Å²) in [5.74, 6) is 0. The highest BCUT2D eigenvalue weighted by Gasteiger charge is 2.34. The predicted octanol–water partition coefficient (Wildman–Crippen LogP) is 4.03. The van der Waals surface area contributed by atoms with E-state index in [9.17, 15) is 13.2 Å². The van der Waals surface area contributed by atoms with Crippen LogP contribution in [0.5, 0.6) is 0 Å². The van der Waals surface area contributed by atoms with Crippen molar-refractivity contribution in [2.75, 3.05) is 25.0 Å². The van der Waals surface area contributed by atoms with Gasteiger partial charge in [0.1, 0.15) is 0 Å². The fourth-order valence-corrected chi connectivity index (χ4v) is 2.66. The van der Waals surface area contributed by atoms with Crippen LogP contribution in [0.1, 0.15) is 32.8 Å². The zero-order chi connectivity index (χ0) is 15.7. The van der Waals surface area contributed by atoms with Crippen molar-refractivity contribution < 1.29 is 13.2 Å². The monoisotopic (exact) mass is 300 g/mol. The second-order valence-corrected chi connectivity index (χ2v) is 6.81. The van der Waals surface area contributed by atoms with E-state index in [1.807, 2.05) is 12.1 Å². The average molecular weight is 300 g/mol. The largest absolute Gasteiger partial charge is 0.401 e. The van der Waals surface area contributed by atoms with Crippen molar-refractivity contribution in [1.29, 1.82) is 0 Å². The van der Waals surface area contributed by atoms with Gasteiger partial charge in [0.05, 0.1) is 6.54 Å². The van der Waals surface area contributed by atoms with E-state index >= 15 is 0 Å². The summed E-state index contributed by atoms with van der Waals surface area (Å²) in [4.78, 5) is 1.46. The van der Waals surface area contributed by atoms with Crippen molar-refractivity contribution in [3.8, 4) is 0 Å². The number of alkyl halides is 3. The Morgan fingerprint density at radius 3 is 2.57 bits per heavy atom. The molecule has 1 heterocycles. The zero-order valence-electron chi connectivity index (χ0n) is 12.8. The van der Waals surface area contributed by atoms with E-state index in [-0.39, 0.29) is 11.5 Å². The Morgan fingerprint density at radius 2 is 1.95 bits per heavy atom. The molecule has 2 nitrogen and oxygen atoms in total. The van der Waals surface area contributed by atoms with Crippen LogP contribution >= 0.6 is 0 Å². The van der Waals surface area contributed by atoms with E-state index in [0.717, 1.165) is 12.1 Å². The first-order valence-electron chi connectivity index (χ1n) is 7.30. The normalized spacial score (nSPS) is 20.8. The van der Waals surface area contributed by atoms with Crippen molar-refractivity contribution in [1.82, 2.24) is 4.90 Å². The van der Waals surface area contributed by atoms with Gasteiger partial charge < -0.3 is 5.32 Å². The Bertz CT molecular complexity index is 477. The SMILES string of the molecule is CC(C)(C)c1cccc(NC2CCN(CC(F)(F)F)C2)c1. The van der Waals surface area contributed by atoms with Crippen LogP contribution in [-0.4, -0.2) is 36.8 Å². The molecule has 2 rings (SSSR count). The topological polar surface area (TPSA) is 15.3 Å². The van der Waals surface area contributed by atoms with E-state index in [2.05, 4.69) is 38.2 Å². The lowest BCUT2D eigenvalue weighted by Gasteiger charge is -2.22. The van der Waals surface area contributed by atoms with E-state index in [0.29, 0.717) is 13.1 Å². The molecule has 0 spiro atoms. The van der Waals surface area contributed by atoms with Gasteiger partial charge in [0.2, 0.25) is 0 Å². The standard InChI is InChI=1S/C16H23F3N2/c1-15(2,3)12-5-4-6-13(9-12)20-14-7-8-21(10-14)11-16(17,18)19/h4-6,9,14,20H,7-8,10-11H2,1-3H3. The van der Waals surface area contributed by atoms with Crippen LogP contribution < -0.4 is 5.32 Å². The van der Waals surface area contributed by atoms with Gasteiger partial charge in [-0.15, -0.1) is 0 Å². The summed E-state index contributed by atoms with van der Waals surface area (Å²) in [7, 11) is 0. The maximum Gasteiger partial charge on any atom is 0.401 e. The minimum Gasteiger partial charge on any atom is -0.381 e. The van der Waals surface area contributed by atoms with Crippen molar-refractivity contribution in [3.63, 3.8) is 0 Å². The second kappa shape index (κ2) is 5.87. The third kappa shape index (κ3) is 4.92. The molecule has 1 aromatic rings. The number of rotatable bonds is 3. The molecule has 1 aliphatic heterocycles. The molecule has 0 radical (unpaired) electrons. The van der Waals surface area contributed by atoms with Crippen molar-refractivity contribution in [2.45, 2.75) is 44.8 Å². The lowest BCUT2D eigenvalue weighted by molar-refractivity contribution is -0.143. The lowest BCUT2D eigenvalue weighted by atomic mass is 9.87. The third-order valence-electron chi connectivity index (χ3n) is 3.77. The van der Waals surface area contributed by atoms with Crippen LogP contribution in [-0.2, 0) is 5.41 Å². The molecular weight excluding hydrogens is 277 g/mol. The maximum absolute atomic E-state index is 12.4. The molecule has 0 aliphatic carbocycles. The minimum atomic E-state index is -4.11. The second-order valence-electron chi connectivity index (χ2n) is 6.81. The van der Waals surface area contributed by atoms with Crippen LogP contribution in [0.2, 0.25) is 0 Å². The minimum absolute atomic E-state index is 0.0652. The molecule has 1 fully saturated rings. The fraction of sp³-hybridized carbons (Fsp3) is 0.625. The van der Waals surface area contributed by atoms with Gasteiger partial charge in [-0.3, -0.25) is 4.90 Å². The molecule has 5 heteroatoms. The molecule has 1 atom stereocenters. The Kier molecular flexibility index (Phi) is 4.51. The summed E-state index contributed by atoms with van der Waals surface area (Å²) in [6.07, 6.45) is -3.36. The molecule has 1 aliphatic rings. The summed E-state index contributed by atoms with van der Waals surface area (Å²) < 4.78 is 37.2. The number of halogens is 3. The highest BCUT2D eigenvalue weighted by atomic mass is 19.4. The van der Waals surface area contributed by atoms with Gasteiger partial charge in [-0.05, 0) is 29.5 Å². The zero-order valence-corrected chi connectivity index (χ0v) is 12.8. The van der Waals surface area contributed by atoms with Gasteiger partial charge in [-0.25, -0.2) is 0 Å². The quantitative estimate of drug-likeness (QED) is 0.906. The van der Waals surface area contributed by atoms with Crippen molar-refractivity contribution in [3.05, 3.63) is 29.8 Å². The van der Waals surface area contributed by atoms with Crippen LogP contribution in [0.25, 0.3) is 0 Å². The fourth-order valence-electron chi connectivity index (χ4n) is 2.66. The first-order chi connectivity index (χ1) is 9.63. The van der Waals surface area contributed by atoms with Crippen LogP contribution in [0.4, 0.5) is 18.9 Å². The molecule has 1 aromatic carbocycles. The Hall–Kier alpha value is -1.23. The number of nitrogens with one attached hydrogen (secondary N) is 1. The highest BCUT2D eigenvalue weighted by molar-refractivity contribution is 5.48. The van der Waals surface area contributed by atoms with Crippen LogP contribution in [0.15, 0.2) is 24.3 Å². The smallest absolute Gasteiger partial charge is 0.381 e. The molecule has 1 saturated heterocycles. The van der Waals surface area contributed by atoms with Gasteiger partial charge in [-0.1, -0.05) is 32.9 Å². The number of benzene rings is 1. The van der Waals surface area contributed by atoms with Crippen LogP contribution in [0, 0.1) is 0 Å². The molecule has 0 aromatic heterocycles. The number of anilines is 1. The van der Waals surface area contributed by atoms with Gasteiger partial charge >= 0.3 is 6.18 Å². The molecule has 1 unspecified atom stereocenters. The van der Waals surface area contributed by atoms with Crippen molar-refractivity contribution >= 4 is 5.69 Å². The van der Waals surface area contributed by atoms with E-state index in [1.165, 1.54) is 10.5 Å². The lowest BCUT2D eigenvalue weighted by Crippen LogP contribution is -2.34. The highest BCUT2D eigenvalue weighted by Crippen LogP contribution is 2.26. The van der Waals surface area contributed by atoms with Gasteiger partial charge in [0.15, 0.2) is 0 Å². The first-order valence-corrected chi connectivity index (χ1v) is 7.30. The van der Waals surface area contributed by atoms with Gasteiger partial charge in [0.25, 0.3) is 0 Å². The Labute approximate surface area is 124 Å². The number of nitrogens with zero attached hydrogens (tertiary/aromatic N) is 1. The average Bonchev–Trinajstić information content (AvgIpc) is 2.73. The molecule has 1 N–H and O–H groups in total. The summed E-state index contributed by atoms with van der Waals surface area (Å²) in [5.41, 5.74) is 2.27. The molecule has 118 valence electrons. The summed E-state index contributed by atoms with van der Waals surface area (Å²) in [6, 6.07) is 8.22. The summed E-state index contributed by atoms with van der Waals surface area (Å²) in [6.45, 7) is 6.56. The summed E-state index contributed by atoms with van der Waals surface area (Å²) >= 11 is 0. The van der Waals surface area contributed by atoms with Gasteiger partial charge in [0, 0.05) is 24.8 Å². The molecule has 0 saturated carbocycles. The van der Waals surface area contributed by atoms with Gasteiger partial charge in [-0.2, -0.15) is 13.2 Å². The molecular formula is C16H23F3N2. The predicted molar refractivity (Wildman–Crippen MR) is 79.7 cm³/mol. The van der Waals surface area contributed by atoms with E-state index < -0.39 is 12.7 Å². The first kappa shape index (κ1) is 16.1. The number of hydrogen-bond acceptors (Lipinski definition) is 2. The summed E-state index contributed by atoms with van der Waals surface area (Å²) in [5, 5.41) is 3.36. The molecule has 0 bridgehead atoms. The van der Waals surface area contributed by atoms with E-state index in [4.69, 9.17) is 0 Å². The Balaban J connectivity index is 1.95. The number of hydrogen-bond donors (Lipinski definition) is 1. The van der Waals surface area contributed by atoms with Crippen molar-refractivity contribution in [2.24, 2.45) is 0 Å². The molecule has 21 heavy (non-hydrogen) atoms. The third-order valence-corrected chi connectivity index (χ3v) is 3.77. The maximum atomic E-state index is 12.4. The van der Waals surface area contributed by atoms with Crippen LogP contribution in [0.3, 0.4) is 0 Å². The van der Waals surface area contributed by atoms with E-state index in [1.54, 1.807) is 0 Å². The Morgan fingerprint density at radius 1 is 1.24 bits per heavy atom. The number of likely N-dealkylation sites (tertiary alicyclic amines) is 1. The molecule has 0 amide bonds.